The third-order valence-corrected chi connectivity index (χ3v) is 7.11. The largest absolute Gasteiger partial charge is 0.497 e. The van der Waals surface area contributed by atoms with E-state index in [0.29, 0.717) is 28.8 Å². The molecule has 0 aliphatic carbocycles. The molecule has 10 heteroatoms. The molecule has 2 aromatic carbocycles. The van der Waals surface area contributed by atoms with Crippen molar-refractivity contribution < 1.29 is 9.53 Å². The number of hydrogen-bond acceptors (Lipinski definition) is 6. The number of urea groups is 1. The Labute approximate surface area is 211 Å². The molecule has 2 aromatic heterocycles. The molecule has 0 atom stereocenters. The minimum Gasteiger partial charge on any atom is -0.497 e. The van der Waals surface area contributed by atoms with E-state index < -0.39 is 0 Å². The average molecular weight is 507 g/mol. The molecule has 0 bridgehead atoms. The SMILES string of the molecule is CCc1cc2c(s1)-n1c(nnc1CNC(=O)Nc1cccc(OC)c1)CN=C2c1ccc(Cl)cc1. The molecule has 8 nitrogen and oxygen atoms in total. The van der Waals surface area contributed by atoms with Crippen LogP contribution in [0.1, 0.15) is 34.6 Å². The zero-order valence-electron chi connectivity index (χ0n) is 19.2. The van der Waals surface area contributed by atoms with Crippen LogP contribution in [-0.4, -0.2) is 33.6 Å². The number of thiophene rings is 1. The molecule has 35 heavy (non-hydrogen) atoms. The first kappa shape index (κ1) is 23.1. The Morgan fingerprint density at radius 2 is 2.00 bits per heavy atom. The van der Waals surface area contributed by atoms with E-state index in [9.17, 15) is 4.79 Å². The number of hydrogen-bond donors (Lipinski definition) is 2. The average Bonchev–Trinajstić information content (AvgIpc) is 3.44. The topological polar surface area (TPSA) is 93.4 Å². The number of amides is 2. The van der Waals surface area contributed by atoms with Crippen LogP contribution in [0.2, 0.25) is 5.02 Å². The van der Waals surface area contributed by atoms with E-state index >= 15 is 0 Å². The standard InChI is InChI=1S/C25H23ClN6O2S/c1-3-19-12-20-23(15-7-9-16(26)10-8-15)27-13-21-30-31-22(32(21)24(20)35-19)14-28-25(33)29-17-5-4-6-18(11-17)34-2/h4-12H,3,13-14H2,1-2H3,(H2,28,29,33). The Hall–Kier alpha value is -3.69. The van der Waals surface area contributed by atoms with Gasteiger partial charge in [0.15, 0.2) is 11.6 Å². The number of benzene rings is 2. The first-order chi connectivity index (χ1) is 17.1. The summed E-state index contributed by atoms with van der Waals surface area (Å²) in [6, 6.07) is 16.7. The van der Waals surface area contributed by atoms with Gasteiger partial charge in [-0.05, 0) is 36.8 Å². The van der Waals surface area contributed by atoms with Gasteiger partial charge in [0, 0.05) is 32.8 Å². The predicted octanol–water partition coefficient (Wildman–Crippen LogP) is 5.23. The van der Waals surface area contributed by atoms with Crippen LogP contribution in [0.3, 0.4) is 0 Å². The number of nitrogens with zero attached hydrogens (tertiary/aromatic N) is 4. The van der Waals surface area contributed by atoms with Gasteiger partial charge in [-0.25, -0.2) is 4.79 Å². The van der Waals surface area contributed by atoms with Crippen LogP contribution in [0.4, 0.5) is 10.5 Å². The molecule has 0 unspecified atom stereocenters. The van der Waals surface area contributed by atoms with Crippen molar-refractivity contribution in [1.29, 1.82) is 0 Å². The Balaban J connectivity index is 1.41. The quantitative estimate of drug-likeness (QED) is 0.374. The third-order valence-electron chi connectivity index (χ3n) is 5.60. The molecule has 0 fully saturated rings. The highest BCUT2D eigenvalue weighted by molar-refractivity contribution is 7.15. The summed E-state index contributed by atoms with van der Waals surface area (Å²) in [5, 5.41) is 16.1. The fraction of sp³-hybridized carbons (Fsp3) is 0.200. The fourth-order valence-electron chi connectivity index (χ4n) is 3.87. The second kappa shape index (κ2) is 9.89. The lowest BCUT2D eigenvalue weighted by atomic mass is 10.0. The molecule has 0 saturated heterocycles. The molecular weight excluding hydrogens is 484 g/mol. The molecule has 0 spiro atoms. The Bertz CT molecular complexity index is 1410. The summed E-state index contributed by atoms with van der Waals surface area (Å²) in [5.41, 5.74) is 3.55. The molecule has 3 heterocycles. The number of ether oxygens (including phenoxy) is 1. The molecule has 178 valence electrons. The lowest BCUT2D eigenvalue weighted by molar-refractivity contribution is 0.251. The number of aryl methyl sites for hydroxylation is 1. The number of aliphatic imine (C=N–C) groups is 1. The number of fused-ring (bicyclic) bond motifs is 3. The summed E-state index contributed by atoms with van der Waals surface area (Å²) in [6.07, 6.45) is 0.902. The minimum absolute atomic E-state index is 0.206. The highest BCUT2D eigenvalue weighted by Gasteiger charge is 2.25. The molecule has 2 N–H and O–H groups in total. The molecule has 4 aromatic rings. The third kappa shape index (κ3) is 4.78. The second-order valence-corrected chi connectivity index (χ2v) is 9.42. The van der Waals surface area contributed by atoms with Crippen molar-refractivity contribution in [3.8, 4) is 10.8 Å². The first-order valence-electron chi connectivity index (χ1n) is 11.1. The van der Waals surface area contributed by atoms with Gasteiger partial charge in [0.25, 0.3) is 0 Å². The number of methoxy groups -OCH3 is 1. The van der Waals surface area contributed by atoms with E-state index in [4.69, 9.17) is 21.3 Å². The minimum atomic E-state index is -0.344. The van der Waals surface area contributed by atoms with Crippen molar-refractivity contribution in [3.05, 3.63) is 87.3 Å². The highest BCUT2D eigenvalue weighted by Crippen LogP contribution is 2.33. The van der Waals surface area contributed by atoms with Gasteiger partial charge in [-0.15, -0.1) is 21.5 Å². The van der Waals surface area contributed by atoms with E-state index in [1.54, 1.807) is 30.6 Å². The van der Waals surface area contributed by atoms with Crippen molar-refractivity contribution in [2.75, 3.05) is 12.4 Å². The van der Waals surface area contributed by atoms with E-state index in [-0.39, 0.29) is 12.6 Å². The number of carbonyl (C=O) groups is 1. The van der Waals surface area contributed by atoms with Crippen LogP contribution in [0.25, 0.3) is 5.00 Å². The van der Waals surface area contributed by atoms with Crippen LogP contribution >= 0.6 is 22.9 Å². The van der Waals surface area contributed by atoms with Crippen LogP contribution in [-0.2, 0) is 19.5 Å². The maximum Gasteiger partial charge on any atom is 0.319 e. The molecule has 2 amide bonds. The second-order valence-electron chi connectivity index (χ2n) is 7.86. The maximum absolute atomic E-state index is 12.6. The Morgan fingerprint density at radius 3 is 2.77 bits per heavy atom. The van der Waals surface area contributed by atoms with Crippen LogP contribution in [0.15, 0.2) is 59.6 Å². The molecule has 0 radical (unpaired) electrons. The molecular formula is C25H23ClN6O2S. The van der Waals surface area contributed by atoms with Gasteiger partial charge >= 0.3 is 6.03 Å². The summed E-state index contributed by atoms with van der Waals surface area (Å²) >= 11 is 7.79. The molecule has 1 aliphatic heterocycles. The summed E-state index contributed by atoms with van der Waals surface area (Å²) in [4.78, 5) is 18.7. The molecule has 1 aliphatic rings. The highest BCUT2D eigenvalue weighted by atomic mass is 35.5. The zero-order valence-corrected chi connectivity index (χ0v) is 20.8. The predicted molar refractivity (Wildman–Crippen MR) is 138 cm³/mol. The van der Waals surface area contributed by atoms with Gasteiger partial charge in [-0.2, -0.15) is 0 Å². The van der Waals surface area contributed by atoms with Gasteiger partial charge < -0.3 is 15.4 Å². The number of carbonyl (C=O) groups excluding carboxylic acids is 1. The van der Waals surface area contributed by atoms with Crippen molar-refractivity contribution in [1.82, 2.24) is 20.1 Å². The van der Waals surface area contributed by atoms with Crippen LogP contribution < -0.4 is 15.4 Å². The number of rotatable bonds is 6. The monoisotopic (exact) mass is 506 g/mol. The van der Waals surface area contributed by atoms with E-state index in [1.165, 1.54) is 4.88 Å². The van der Waals surface area contributed by atoms with E-state index in [0.717, 1.165) is 34.1 Å². The summed E-state index contributed by atoms with van der Waals surface area (Å²) in [7, 11) is 1.58. The Kier molecular flexibility index (Phi) is 6.52. The molecule has 5 rings (SSSR count). The number of aromatic nitrogens is 3. The van der Waals surface area contributed by atoms with Crippen molar-refractivity contribution in [2.24, 2.45) is 4.99 Å². The number of nitrogens with one attached hydrogen (secondary N) is 2. The number of halogens is 1. The normalized spacial score (nSPS) is 12.3. The van der Waals surface area contributed by atoms with E-state index in [2.05, 4.69) is 33.8 Å². The summed E-state index contributed by atoms with van der Waals surface area (Å²) < 4.78 is 7.22. The molecule has 0 saturated carbocycles. The van der Waals surface area contributed by atoms with Crippen molar-refractivity contribution in [2.45, 2.75) is 26.4 Å². The van der Waals surface area contributed by atoms with Crippen LogP contribution in [0.5, 0.6) is 5.75 Å². The van der Waals surface area contributed by atoms with Crippen LogP contribution in [0, 0.1) is 0 Å². The van der Waals surface area contributed by atoms with Gasteiger partial charge in [-0.1, -0.05) is 36.7 Å². The summed E-state index contributed by atoms with van der Waals surface area (Å²) in [5.74, 6) is 2.03. The lowest BCUT2D eigenvalue weighted by Gasteiger charge is -2.11. The van der Waals surface area contributed by atoms with E-state index in [1.807, 2.05) is 41.0 Å². The first-order valence-corrected chi connectivity index (χ1v) is 12.3. The maximum atomic E-state index is 12.6. The number of anilines is 1. The van der Waals surface area contributed by atoms with Gasteiger partial charge in [0.05, 0.1) is 19.4 Å². The van der Waals surface area contributed by atoms with Crippen molar-refractivity contribution in [3.63, 3.8) is 0 Å². The lowest BCUT2D eigenvalue weighted by Crippen LogP contribution is -2.29. The zero-order chi connectivity index (χ0) is 24.4. The van der Waals surface area contributed by atoms with Gasteiger partial charge in [0.1, 0.15) is 17.3 Å². The summed E-state index contributed by atoms with van der Waals surface area (Å²) in [6.45, 7) is 2.71. The van der Waals surface area contributed by atoms with Crippen molar-refractivity contribution >= 4 is 40.4 Å². The smallest absolute Gasteiger partial charge is 0.319 e. The van der Waals surface area contributed by atoms with Gasteiger partial charge in [0.2, 0.25) is 0 Å². The van der Waals surface area contributed by atoms with Gasteiger partial charge in [-0.3, -0.25) is 9.56 Å². The Morgan fingerprint density at radius 1 is 1.17 bits per heavy atom. The fourth-order valence-corrected chi connectivity index (χ4v) is 5.13.